The van der Waals surface area contributed by atoms with Crippen molar-refractivity contribution >= 4 is 35.8 Å². The Balaban J connectivity index is 0. The lowest BCUT2D eigenvalue weighted by atomic mass is 10.1. The second kappa shape index (κ2) is 9.46. The van der Waals surface area contributed by atoms with Crippen molar-refractivity contribution in [2.75, 3.05) is 26.8 Å². The number of ether oxygens (including phenoxy) is 1. The minimum Gasteiger partial charge on any atom is -0.383 e. The van der Waals surface area contributed by atoms with E-state index in [4.69, 9.17) is 10.5 Å². The highest BCUT2D eigenvalue weighted by Gasteiger charge is 2.12. The second-order valence-electron chi connectivity index (χ2n) is 4.42. The van der Waals surface area contributed by atoms with Crippen LogP contribution in [0, 0.1) is 0 Å². The summed E-state index contributed by atoms with van der Waals surface area (Å²) in [6, 6.07) is 0. The Bertz CT molecular complexity index is 251. The van der Waals surface area contributed by atoms with E-state index in [1.165, 1.54) is 0 Å². The summed E-state index contributed by atoms with van der Waals surface area (Å²) in [5.74, 6) is 0.102. The monoisotopic (exact) mass is 358 g/mol. The quantitative estimate of drug-likeness (QED) is 0.281. The number of hydrogen-bond acceptors (Lipinski definition) is 3. The maximum Gasteiger partial charge on any atom is 0.242 e. The molecule has 0 spiro atoms. The van der Waals surface area contributed by atoms with Gasteiger partial charge in [-0.3, -0.25) is 4.79 Å². The van der Waals surface area contributed by atoms with Crippen molar-refractivity contribution in [3.8, 4) is 0 Å². The number of nitrogens with one attached hydrogen (secondary N) is 2. The van der Waals surface area contributed by atoms with Gasteiger partial charge in [0.2, 0.25) is 5.91 Å². The van der Waals surface area contributed by atoms with Gasteiger partial charge in [-0.25, -0.2) is 4.99 Å². The van der Waals surface area contributed by atoms with E-state index in [0.717, 1.165) is 0 Å². The number of nitrogens with two attached hydrogens (primary N) is 1. The van der Waals surface area contributed by atoms with Gasteiger partial charge in [-0.1, -0.05) is 0 Å². The number of carbonyl (C=O) groups is 1. The molecule has 17 heavy (non-hydrogen) atoms. The van der Waals surface area contributed by atoms with Gasteiger partial charge in [0.15, 0.2) is 5.96 Å². The first kappa shape index (κ1) is 18.8. The van der Waals surface area contributed by atoms with Gasteiger partial charge in [0, 0.05) is 19.2 Å². The summed E-state index contributed by atoms with van der Waals surface area (Å²) < 4.78 is 4.83. The van der Waals surface area contributed by atoms with Crippen molar-refractivity contribution in [3.05, 3.63) is 0 Å². The predicted molar refractivity (Wildman–Crippen MR) is 79.7 cm³/mol. The average Bonchev–Trinajstić information content (AvgIpc) is 2.12. The molecule has 0 aliphatic rings. The van der Waals surface area contributed by atoms with E-state index in [9.17, 15) is 4.79 Å². The van der Waals surface area contributed by atoms with Crippen molar-refractivity contribution in [3.63, 3.8) is 0 Å². The molecular formula is C10H23IN4O2. The van der Waals surface area contributed by atoms with Crippen LogP contribution in [0.4, 0.5) is 0 Å². The molecule has 1 amide bonds. The van der Waals surface area contributed by atoms with Crippen molar-refractivity contribution < 1.29 is 9.53 Å². The number of guanidine groups is 1. The summed E-state index contributed by atoms with van der Waals surface area (Å²) in [7, 11) is 1.60. The number of carbonyl (C=O) groups excluding carboxylic acids is 1. The summed E-state index contributed by atoms with van der Waals surface area (Å²) in [5.41, 5.74) is 5.28. The molecule has 4 N–H and O–H groups in total. The van der Waals surface area contributed by atoms with Gasteiger partial charge in [-0.05, 0) is 20.8 Å². The van der Waals surface area contributed by atoms with Crippen LogP contribution >= 0.6 is 24.0 Å². The van der Waals surface area contributed by atoms with Crippen LogP contribution < -0.4 is 16.4 Å². The number of nitrogens with zero attached hydrogens (tertiary/aromatic N) is 1. The molecule has 6 nitrogen and oxygen atoms in total. The van der Waals surface area contributed by atoms with Crippen LogP contribution in [0.25, 0.3) is 0 Å². The lowest BCUT2D eigenvalue weighted by Gasteiger charge is -2.19. The Morgan fingerprint density at radius 1 is 1.41 bits per heavy atom. The largest absolute Gasteiger partial charge is 0.383 e. The Kier molecular flexibility index (Phi) is 10.5. The number of amides is 1. The molecule has 0 bridgehead atoms. The summed E-state index contributed by atoms with van der Waals surface area (Å²) in [6.07, 6.45) is 0. The number of aliphatic imine (C=N–C) groups is 1. The number of hydrogen-bond donors (Lipinski definition) is 3. The molecule has 0 unspecified atom stereocenters. The van der Waals surface area contributed by atoms with Gasteiger partial charge in [0.1, 0.15) is 6.54 Å². The van der Waals surface area contributed by atoms with E-state index in [-0.39, 0.29) is 47.9 Å². The molecule has 0 heterocycles. The molecule has 0 aromatic rings. The van der Waals surface area contributed by atoms with Crippen LogP contribution in [-0.4, -0.2) is 44.2 Å². The molecule has 0 aliphatic carbocycles. The first-order valence-corrected chi connectivity index (χ1v) is 5.19. The van der Waals surface area contributed by atoms with Gasteiger partial charge in [0.25, 0.3) is 0 Å². The molecule has 0 aromatic heterocycles. The highest BCUT2D eigenvalue weighted by molar-refractivity contribution is 14.0. The molecule has 0 saturated heterocycles. The Labute approximate surface area is 120 Å². The van der Waals surface area contributed by atoms with Crippen LogP contribution in [0.5, 0.6) is 0 Å². The van der Waals surface area contributed by atoms with Gasteiger partial charge in [-0.2, -0.15) is 0 Å². The van der Waals surface area contributed by atoms with E-state index in [1.807, 2.05) is 20.8 Å². The number of halogens is 1. The molecule has 102 valence electrons. The zero-order chi connectivity index (χ0) is 12.6. The minimum atomic E-state index is -0.245. The highest BCUT2D eigenvalue weighted by atomic mass is 127. The second-order valence-corrected chi connectivity index (χ2v) is 4.42. The molecule has 0 radical (unpaired) electrons. The molecule has 0 aliphatic heterocycles. The van der Waals surface area contributed by atoms with E-state index in [0.29, 0.717) is 13.2 Å². The first-order chi connectivity index (χ1) is 7.35. The van der Waals surface area contributed by atoms with Gasteiger partial charge < -0.3 is 21.1 Å². The van der Waals surface area contributed by atoms with E-state index in [2.05, 4.69) is 15.6 Å². The van der Waals surface area contributed by atoms with Crippen molar-refractivity contribution in [2.45, 2.75) is 26.3 Å². The fraction of sp³-hybridized carbons (Fsp3) is 0.800. The van der Waals surface area contributed by atoms with E-state index >= 15 is 0 Å². The van der Waals surface area contributed by atoms with Gasteiger partial charge in [-0.15, -0.1) is 24.0 Å². The van der Waals surface area contributed by atoms with E-state index in [1.54, 1.807) is 7.11 Å². The Morgan fingerprint density at radius 3 is 2.47 bits per heavy atom. The zero-order valence-electron chi connectivity index (χ0n) is 10.9. The maximum absolute atomic E-state index is 11.4. The molecule has 0 rings (SSSR count). The van der Waals surface area contributed by atoms with Gasteiger partial charge >= 0.3 is 0 Å². The van der Waals surface area contributed by atoms with Crippen LogP contribution in [0.15, 0.2) is 4.99 Å². The molecule has 7 heteroatoms. The van der Waals surface area contributed by atoms with Gasteiger partial charge in [0.05, 0.1) is 6.61 Å². The first-order valence-electron chi connectivity index (χ1n) is 5.19. The summed E-state index contributed by atoms with van der Waals surface area (Å²) >= 11 is 0. The third-order valence-electron chi connectivity index (χ3n) is 1.52. The lowest BCUT2D eigenvalue weighted by Crippen LogP contribution is -2.42. The normalized spacial score (nSPS) is 11.6. The SMILES string of the molecule is COCCNC(N)=NCC(=O)NC(C)(C)C.I. The molecule has 0 fully saturated rings. The minimum absolute atomic E-state index is 0. The summed E-state index contributed by atoms with van der Waals surface area (Å²) in [5, 5.41) is 5.61. The third kappa shape index (κ3) is 13.4. The maximum atomic E-state index is 11.4. The summed E-state index contributed by atoms with van der Waals surface area (Å²) in [4.78, 5) is 15.3. The van der Waals surface area contributed by atoms with Crippen LogP contribution in [0.3, 0.4) is 0 Å². The van der Waals surface area contributed by atoms with Crippen LogP contribution in [0.1, 0.15) is 20.8 Å². The predicted octanol–water partition coefficient (Wildman–Crippen LogP) is 0.0698. The molecule has 0 atom stereocenters. The van der Waals surface area contributed by atoms with Crippen LogP contribution in [0.2, 0.25) is 0 Å². The van der Waals surface area contributed by atoms with Crippen molar-refractivity contribution in [1.29, 1.82) is 0 Å². The lowest BCUT2D eigenvalue weighted by molar-refractivity contribution is -0.121. The highest BCUT2D eigenvalue weighted by Crippen LogP contribution is 1.97. The van der Waals surface area contributed by atoms with Crippen molar-refractivity contribution in [1.82, 2.24) is 10.6 Å². The van der Waals surface area contributed by atoms with Crippen LogP contribution in [-0.2, 0) is 9.53 Å². The number of methoxy groups -OCH3 is 1. The molecular weight excluding hydrogens is 335 g/mol. The average molecular weight is 358 g/mol. The third-order valence-corrected chi connectivity index (χ3v) is 1.52. The fourth-order valence-corrected chi connectivity index (χ4v) is 0.952. The fourth-order valence-electron chi connectivity index (χ4n) is 0.952. The van der Waals surface area contributed by atoms with E-state index < -0.39 is 0 Å². The van der Waals surface area contributed by atoms with Crippen molar-refractivity contribution in [2.24, 2.45) is 10.7 Å². The molecule has 0 saturated carbocycles. The number of rotatable bonds is 5. The zero-order valence-corrected chi connectivity index (χ0v) is 13.2. The smallest absolute Gasteiger partial charge is 0.242 e. The Hall–Kier alpha value is -0.570. The standard InChI is InChI=1S/C10H22N4O2.HI/c1-10(2,3)14-8(15)7-13-9(11)12-5-6-16-4;/h5-7H2,1-4H3,(H,14,15)(H3,11,12,13);1H. The topological polar surface area (TPSA) is 88.7 Å². The molecule has 0 aromatic carbocycles. The summed E-state index contributed by atoms with van der Waals surface area (Å²) in [6.45, 7) is 6.89. The Morgan fingerprint density at radius 2 is 2.00 bits per heavy atom.